The summed E-state index contributed by atoms with van der Waals surface area (Å²) in [6.45, 7) is 2.12. The van der Waals surface area contributed by atoms with Crippen LogP contribution in [-0.4, -0.2) is 5.54 Å². The van der Waals surface area contributed by atoms with Crippen LogP contribution in [0.1, 0.15) is 36.8 Å². The zero-order valence-corrected chi connectivity index (χ0v) is 9.77. The maximum atomic E-state index is 6.38. The molecule has 0 spiro atoms. The average molecular weight is 222 g/mol. The Morgan fingerprint density at radius 2 is 1.87 bits per heavy atom. The van der Waals surface area contributed by atoms with Crippen molar-refractivity contribution in [2.45, 2.75) is 43.6 Å². The molecule has 0 amide bonds. The number of benzene rings is 1. The summed E-state index contributed by atoms with van der Waals surface area (Å²) < 4.78 is 0. The molecular formula is C13H16ClN. The molecule has 2 saturated carbocycles. The van der Waals surface area contributed by atoms with Crippen molar-refractivity contribution in [1.29, 1.82) is 0 Å². The monoisotopic (exact) mass is 221 g/mol. The van der Waals surface area contributed by atoms with E-state index in [2.05, 4.69) is 19.1 Å². The molecule has 2 heteroatoms. The van der Waals surface area contributed by atoms with Crippen LogP contribution < -0.4 is 5.73 Å². The average Bonchev–Trinajstić information content (AvgIpc) is 3.05. The van der Waals surface area contributed by atoms with Crippen LogP contribution in [-0.2, 0) is 5.41 Å². The fourth-order valence-corrected chi connectivity index (χ4v) is 3.08. The molecular weight excluding hydrogens is 206 g/mol. The zero-order valence-electron chi connectivity index (χ0n) is 9.02. The van der Waals surface area contributed by atoms with Gasteiger partial charge in [-0.05, 0) is 44.2 Å². The first-order valence-electron chi connectivity index (χ1n) is 5.63. The number of rotatable bonds is 2. The highest BCUT2D eigenvalue weighted by Crippen LogP contribution is 2.64. The van der Waals surface area contributed by atoms with E-state index in [0.29, 0.717) is 0 Å². The second kappa shape index (κ2) is 2.78. The van der Waals surface area contributed by atoms with Gasteiger partial charge in [-0.3, -0.25) is 0 Å². The third-order valence-corrected chi connectivity index (χ3v) is 4.46. The Hall–Kier alpha value is -0.530. The Labute approximate surface area is 95.6 Å². The van der Waals surface area contributed by atoms with Gasteiger partial charge in [-0.2, -0.15) is 0 Å². The molecule has 0 radical (unpaired) electrons. The molecule has 15 heavy (non-hydrogen) atoms. The topological polar surface area (TPSA) is 26.0 Å². The summed E-state index contributed by atoms with van der Waals surface area (Å²) >= 11 is 6.30. The number of nitrogens with two attached hydrogens (primary N) is 1. The fourth-order valence-electron chi connectivity index (χ4n) is 2.78. The maximum Gasteiger partial charge on any atom is 0.0444 e. The van der Waals surface area contributed by atoms with Crippen molar-refractivity contribution in [3.05, 3.63) is 34.3 Å². The molecule has 2 aliphatic rings. The van der Waals surface area contributed by atoms with Gasteiger partial charge in [0.05, 0.1) is 0 Å². The van der Waals surface area contributed by atoms with Gasteiger partial charge >= 0.3 is 0 Å². The quantitative estimate of drug-likeness (QED) is 0.816. The van der Waals surface area contributed by atoms with Crippen molar-refractivity contribution in [2.75, 3.05) is 0 Å². The number of aryl methyl sites for hydroxylation is 1. The molecule has 2 fully saturated rings. The fraction of sp³-hybridized carbons (Fsp3) is 0.538. The predicted octanol–water partition coefficient (Wildman–Crippen LogP) is 3.17. The normalized spacial score (nSPS) is 25.0. The molecule has 2 aliphatic carbocycles. The van der Waals surface area contributed by atoms with E-state index in [9.17, 15) is 0 Å². The number of hydrogen-bond donors (Lipinski definition) is 1. The molecule has 0 heterocycles. The van der Waals surface area contributed by atoms with Crippen molar-refractivity contribution in [1.82, 2.24) is 0 Å². The second-order valence-corrected chi connectivity index (χ2v) is 5.63. The van der Waals surface area contributed by atoms with Gasteiger partial charge in [-0.25, -0.2) is 0 Å². The van der Waals surface area contributed by atoms with Gasteiger partial charge < -0.3 is 5.73 Å². The molecule has 1 aromatic carbocycles. The standard InChI is InChI=1S/C13H16ClN/c1-9-2-3-11(14)10(8-9)12(4-5-12)13(15)6-7-13/h2-3,8H,4-7,15H2,1H3. The van der Waals surface area contributed by atoms with Gasteiger partial charge in [-0.1, -0.05) is 29.3 Å². The number of hydrogen-bond acceptors (Lipinski definition) is 1. The molecule has 0 unspecified atom stereocenters. The van der Waals surface area contributed by atoms with E-state index in [1.165, 1.54) is 24.0 Å². The molecule has 0 aromatic heterocycles. The first-order valence-corrected chi connectivity index (χ1v) is 6.01. The minimum absolute atomic E-state index is 0.0600. The summed E-state index contributed by atoms with van der Waals surface area (Å²) in [6, 6.07) is 6.30. The van der Waals surface area contributed by atoms with Gasteiger partial charge in [0.1, 0.15) is 0 Å². The van der Waals surface area contributed by atoms with Crippen LogP contribution >= 0.6 is 11.6 Å². The van der Waals surface area contributed by atoms with Gasteiger partial charge in [0.2, 0.25) is 0 Å². The highest BCUT2D eigenvalue weighted by molar-refractivity contribution is 6.31. The van der Waals surface area contributed by atoms with E-state index in [0.717, 1.165) is 17.9 Å². The highest BCUT2D eigenvalue weighted by atomic mass is 35.5. The molecule has 1 aromatic rings. The van der Waals surface area contributed by atoms with E-state index in [4.69, 9.17) is 17.3 Å². The Morgan fingerprint density at radius 1 is 1.20 bits per heavy atom. The van der Waals surface area contributed by atoms with Gasteiger partial charge in [0.15, 0.2) is 0 Å². The van der Waals surface area contributed by atoms with Crippen LogP contribution in [0.25, 0.3) is 0 Å². The Balaban J connectivity index is 2.09. The maximum absolute atomic E-state index is 6.38. The Bertz CT molecular complexity index is 417. The first kappa shape index (κ1) is 9.68. The summed E-state index contributed by atoms with van der Waals surface area (Å²) in [6.07, 6.45) is 4.76. The highest BCUT2D eigenvalue weighted by Gasteiger charge is 2.64. The van der Waals surface area contributed by atoms with E-state index in [1.807, 2.05) is 6.07 Å². The van der Waals surface area contributed by atoms with E-state index < -0.39 is 0 Å². The third-order valence-electron chi connectivity index (χ3n) is 4.13. The van der Waals surface area contributed by atoms with Gasteiger partial charge in [0.25, 0.3) is 0 Å². The van der Waals surface area contributed by atoms with Crippen LogP contribution in [0.3, 0.4) is 0 Å². The second-order valence-electron chi connectivity index (χ2n) is 5.22. The lowest BCUT2D eigenvalue weighted by atomic mass is 9.85. The van der Waals surface area contributed by atoms with Crippen LogP contribution in [0.2, 0.25) is 5.02 Å². The summed E-state index contributed by atoms with van der Waals surface area (Å²) in [4.78, 5) is 0. The lowest BCUT2D eigenvalue weighted by Gasteiger charge is -2.24. The molecule has 0 bridgehead atoms. The van der Waals surface area contributed by atoms with Crippen LogP contribution in [0.4, 0.5) is 0 Å². The van der Waals surface area contributed by atoms with Crippen molar-refractivity contribution >= 4 is 11.6 Å². The van der Waals surface area contributed by atoms with Crippen molar-refractivity contribution in [2.24, 2.45) is 5.73 Å². The Morgan fingerprint density at radius 3 is 2.40 bits per heavy atom. The summed E-state index contributed by atoms with van der Waals surface area (Å²) in [5.74, 6) is 0. The van der Waals surface area contributed by atoms with E-state index in [-0.39, 0.29) is 11.0 Å². The largest absolute Gasteiger partial charge is 0.324 e. The molecule has 0 aliphatic heterocycles. The van der Waals surface area contributed by atoms with Crippen LogP contribution in [0.5, 0.6) is 0 Å². The van der Waals surface area contributed by atoms with E-state index >= 15 is 0 Å². The lowest BCUT2D eigenvalue weighted by Crippen LogP contribution is -2.37. The third kappa shape index (κ3) is 1.26. The minimum atomic E-state index is 0.0600. The Kier molecular flexibility index (Phi) is 1.79. The summed E-state index contributed by atoms with van der Waals surface area (Å²) in [7, 11) is 0. The molecule has 3 rings (SSSR count). The summed E-state index contributed by atoms with van der Waals surface area (Å²) in [5.41, 5.74) is 9.24. The predicted molar refractivity (Wildman–Crippen MR) is 63.3 cm³/mol. The van der Waals surface area contributed by atoms with E-state index in [1.54, 1.807) is 0 Å². The minimum Gasteiger partial charge on any atom is -0.324 e. The number of halogens is 1. The van der Waals surface area contributed by atoms with Crippen molar-refractivity contribution in [3.63, 3.8) is 0 Å². The van der Waals surface area contributed by atoms with Crippen LogP contribution in [0, 0.1) is 6.92 Å². The van der Waals surface area contributed by atoms with Crippen molar-refractivity contribution in [3.8, 4) is 0 Å². The lowest BCUT2D eigenvalue weighted by molar-refractivity contribution is 0.503. The molecule has 2 N–H and O–H groups in total. The van der Waals surface area contributed by atoms with Crippen LogP contribution in [0.15, 0.2) is 18.2 Å². The summed E-state index contributed by atoms with van der Waals surface area (Å²) in [5, 5.41) is 0.898. The van der Waals surface area contributed by atoms with Gasteiger partial charge in [0, 0.05) is 16.0 Å². The molecule has 0 saturated heterocycles. The molecule has 80 valence electrons. The smallest absolute Gasteiger partial charge is 0.0444 e. The molecule has 0 atom stereocenters. The van der Waals surface area contributed by atoms with Gasteiger partial charge in [-0.15, -0.1) is 0 Å². The molecule has 1 nitrogen and oxygen atoms in total. The van der Waals surface area contributed by atoms with Crippen molar-refractivity contribution < 1.29 is 0 Å². The zero-order chi connectivity index (χ0) is 10.7. The SMILES string of the molecule is Cc1ccc(Cl)c(C2(C3(N)CC3)CC2)c1. The first-order chi connectivity index (χ1) is 7.07.